The molecule has 1 aliphatic heterocycles. The fourth-order valence-corrected chi connectivity index (χ4v) is 3.39. The Morgan fingerprint density at radius 2 is 2.11 bits per heavy atom. The number of aliphatic hydroxyl groups is 2. The van der Waals surface area contributed by atoms with Crippen molar-refractivity contribution in [2.24, 2.45) is 0 Å². The highest BCUT2D eigenvalue weighted by Crippen LogP contribution is 2.27. The fraction of sp³-hybridized carbons (Fsp3) is 0.545. The summed E-state index contributed by atoms with van der Waals surface area (Å²) in [7, 11) is -3.76. The van der Waals surface area contributed by atoms with Crippen molar-refractivity contribution in [1.29, 1.82) is 0 Å². The zero-order chi connectivity index (χ0) is 13.3. The number of aromatic nitrogens is 1. The first-order valence-corrected chi connectivity index (χ1v) is 7.14. The van der Waals surface area contributed by atoms with Crippen LogP contribution in [0.2, 0.25) is 0 Å². The lowest BCUT2D eigenvalue weighted by Crippen LogP contribution is -2.49. The molecular formula is C11H15NO5S. The van der Waals surface area contributed by atoms with E-state index in [1.165, 1.54) is 19.2 Å². The van der Waals surface area contributed by atoms with Crippen LogP contribution in [0.1, 0.15) is 13.3 Å². The summed E-state index contributed by atoms with van der Waals surface area (Å²) < 4.78 is 29.7. The smallest absolute Gasteiger partial charge is 0.222 e. The number of ether oxygens (including phenoxy) is 1. The Morgan fingerprint density at radius 1 is 1.39 bits per heavy atom. The summed E-state index contributed by atoms with van der Waals surface area (Å²) in [5.74, 6) is 0. The second kappa shape index (κ2) is 4.93. The Kier molecular flexibility index (Phi) is 3.67. The third-order valence-corrected chi connectivity index (χ3v) is 4.77. The molecule has 1 aliphatic rings. The predicted octanol–water partition coefficient (Wildman–Crippen LogP) is -0.288. The molecule has 2 rings (SSSR count). The van der Waals surface area contributed by atoms with E-state index >= 15 is 0 Å². The Bertz CT molecular complexity index is 491. The highest BCUT2D eigenvalue weighted by Gasteiger charge is 2.41. The van der Waals surface area contributed by atoms with E-state index in [0.29, 0.717) is 0 Å². The summed E-state index contributed by atoms with van der Waals surface area (Å²) in [5, 5.41) is 19.0. The molecule has 2 heterocycles. The van der Waals surface area contributed by atoms with Gasteiger partial charge in [-0.1, -0.05) is 6.07 Å². The van der Waals surface area contributed by atoms with E-state index in [1.54, 1.807) is 12.1 Å². The van der Waals surface area contributed by atoms with Gasteiger partial charge in [-0.2, -0.15) is 0 Å². The van der Waals surface area contributed by atoms with Gasteiger partial charge in [-0.25, -0.2) is 13.4 Å². The zero-order valence-electron chi connectivity index (χ0n) is 9.80. The highest BCUT2D eigenvalue weighted by molar-refractivity contribution is 7.91. The third kappa shape index (κ3) is 2.39. The van der Waals surface area contributed by atoms with Crippen LogP contribution in [0.5, 0.6) is 0 Å². The molecule has 1 fully saturated rings. The van der Waals surface area contributed by atoms with E-state index in [4.69, 9.17) is 4.74 Å². The Hall–Kier alpha value is -1.02. The maximum atomic E-state index is 12.2. The molecular weight excluding hydrogens is 258 g/mol. The zero-order valence-corrected chi connectivity index (χ0v) is 10.6. The molecule has 0 aliphatic carbocycles. The van der Waals surface area contributed by atoms with E-state index < -0.39 is 33.6 Å². The van der Waals surface area contributed by atoms with Crippen molar-refractivity contribution >= 4 is 9.84 Å². The lowest BCUT2D eigenvalue weighted by Gasteiger charge is -2.34. The van der Waals surface area contributed by atoms with E-state index in [-0.39, 0.29) is 11.4 Å². The lowest BCUT2D eigenvalue weighted by molar-refractivity contribution is -0.139. The number of sulfone groups is 1. The molecule has 0 aromatic carbocycles. The number of hydrogen-bond acceptors (Lipinski definition) is 6. The van der Waals surface area contributed by atoms with E-state index in [2.05, 4.69) is 4.98 Å². The normalized spacial score (nSPS) is 33.3. The van der Waals surface area contributed by atoms with Crippen molar-refractivity contribution in [1.82, 2.24) is 4.98 Å². The SMILES string of the molecule is C[C@@H]1OC(S(=O)(=O)c2ccccn2)C[C@H](O)[C@H]1O. The van der Waals surface area contributed by atoms with Gasteiger partial charge in [0.05, 0.1) is 12.2 Å². The molecule has 7 heteroatoms. The number of hydrogen-bond donors (Lipinski definition) is 2. The first-order chi connectivity index (χ1) is 8.43. The van der Waals surface area contributed by atoms with Crippen molar-refractivity contribution in [3.05, 3.63) is 24.4 Å². The molecule has 100 valence electrons. The second-order valence-electron chi connectivity index (χ2n) is 4.28. The Morgan fingerprint density at radius 3 is 2.67 bits per heavy atom. The van der Waals surface area contributed by atoms with Gasteiger partial charge in [0, 0.05) is 12.6 Å². The van der Waals surface area contributed by atoms with Gasteiger partial charge in [0.1, 0.15) is 6.10 Å². The maximum Gasteiger partial charge on any atom is 0.222 e. The quantitative estimate of drug-likeness (QED) is 0.768. The molecule has 1 unspecified atom stereocenters. The van der Waals surface area contributed by atoms with Crippen molar-refractivity contribution in [2.75, 3.05) is 0 Å². The van der Waals surface area contributed by atoms with Crippen LogP contribution in [0.4, 0.5) is 0 Å². The largest absolute Gasteiger partial charge is 0.390 e. The topological polar surface area (TPSA) is 96.7 Å². The average molecular weight is 273 g/mol. The minimum Gasteiger partial charge on any atom is -0.390 e. The summed E-state index contributed by atoms with van der Waals surface area (Å²) in [6.45, 7) is 1.52. The molecule has 18 heavy (non-hydrogen) atoms. The van der Waals surface area contributed by atoms with Gasteiger partial charge in [-0.05, 0) is 19.1 Å². The van der Waals surface area contributed by atoms with Crippen LogP contribution in [0.15, 0.2) is 29.4 Å². The van der Waals surface area contributed by atoms with Crippen LogP contribution in [0.3, 0.4) is 0 Å². The Balaban J connectivity index is 2.27. The van der Waals surface area contributed by atoms with Crippen molar-refractivity contribution in [3.63, 3.8) is 0 Å². The molecule has 0 bridgehead atoms. The molecule has 1 aromatic heterocycles. The molecule has 6 nitrogen and oxygen atoms in total. The van der Waals surface area contributed by atoms with Gasteiger partial charge in [-0.15, -0.1) is 0 Å². The summed E-state index contributed by atoms with van der Waals surface area (Å²) in [6, 6.07) is 4.56. The van der Waals surface area contributed by atoms with Gasteiger partial charge in [-0.3, -0.25) is 0 Å². The van der Waals surface area contributed by atoms with Crippen LogP contribution in [-0.2, 0) is 14.6 Å². The first kappa shape index (κ1) is 13.4. The average Bonchev–Trinajstić information content (AvgIpc) is 2.36. The molecule has 0 amide bonds. The molecule has 0 spiro atoms. The summed E-state index contributed by atoms with van der Waals surface area (Å²) in [6.07, 6.45) is -1.70. The predicted molar refractivity (Wildman–Crippen MR) is 62.4 cm³/mol. The molecule has 0 saturated carbocycles. The van der Waals surface area contributed by atoms with Crippen molar-refractivity contribution in [3.8, 4) is 0 Å². The molecule has 1 aromatic rings. The van der Waals surface area contributed by atoms with Gasteiger partial charge >= 0.3 is 0 Å². The van der Waals surface area contributed by atoms with E-state index in [9.17, 15) is 18.6 Å². The maximum absolute atomic E-state index is 12.2. The number of aliphatic hydroxyl groups excluding tert-OH is 2. The standard InChI is InChI=1S/C11H15NO5S/c1-7-11(14)8(13)6-10(17-7)18(15,16)9-4-2-3-5-12-9/h2-5,7-8,10-11,13-14H,6H2,1H3/t7-,8-,10?,11-/m0/s1. The number of pyridine rings is 1. The van der Waals surface area contributed by atoms with Crippen LogP contribution < -0.4 is 0 Å². The molecule has 4 atom stereocenters. The van der Waals surface area contributed by atoms with Gasteiger partial charge in [0.25, 0.3) is 0 Å². The van der Waals surface area contributed by atoms with Gasteiger partial charge < -0.3 is 14.9 Å². The summed E-state index contributed by atoms with van der Waals surface area (Å²) >= 11 is 0. The highest BCUT2D eigenvalue weighted by atomic mass is 32.2. The van der Waals surface area contributed by atoms with Gasteiger partial charge in [0.15, 0.2) is 10.5 Å². The molecule has 1 saturated heterocycles. The van der Waals surface area contributed by atoms with Crippen LogP contribution in [0.25, 0.3) is 0 Å². The Labute approximate surface area is 105 Å². The first-order valence-electron chi connectivity index (χ1n) is 5.59. The number of nitrogens with zero attached hydrogens (tertiary/aromatic N) is 1. The van der Waals surface area contributed by atoms with E-state index in [0.717, 1.165) is 0 Å². The van der Waals surface area contributed by atoms with E-state index in [1.807, 2.05) is 0 Å². The number of rotatable bonds is 2. The summed E-state index contributed by atoms with van der Waals surface area (Å²) in [4.78, 5) is 3.78. The monoisotopic (exact) mass is 273 g/mol. The third-order valence-electron chi connectivity index (χ3n) is 2.95. The van der Waals surface area contributed by atoms with Gasteiger partial charge in [0.2, 0.25) is 9.84 Å². The van der Waals surface area contributed by atoms with Crippen molar-refractivity contribution in [2.45, 2.75) is 42.1 Å². The van der Waals surface area contributed by atoms with Crippen LogP contribution in [0, 0.1) is 0 Å². The molecule has 2 N–H and O–H groups in total. The molecule has 0 radical (unpaired) electrons. The fourth-order valence-electron chi connectivity index (χ4n) is 1.87. The minimum absolute atomic E-state index is 0.0919. The second-order valence-corrected chi connectivity index (χ2v) is 6.31. The van der Waals surface area contributed by atoms with Crippen molar-refractivity contribution < 1.29 is 23.4 Å². The lowest BCUT2D eigenvalue weighted by atomic mass is 10.0. The van der Waals surface area contributed by atoms with Crippen LogP contribution >= 0.6 is 0 Å². The summed E-state index contributed by atoms with van der Waals surface area (Å²) in [5.41, 5.74) is -1.18. The van der Waals surface area contributed by atoms with Crippen LogP contribution in [-0.4, -0.2) is 47.4 Å². The minimum atomic E-state index is -3.76.